The second-order valence-electron chi connectivity index (χ2n) is 5.13. The molecular formula is C11H16N6O. The third-order valence-corrected chi connectivity index (χ3v) is 3.34. The number of anilines is 1. The third kappa shape index (κ3) is 1.67. The molecule has 1 saturated heterocycles. The maximum absolute atomic E-state index is 11.5. The first-order valence-corrected chi connectivity index (χ1v) is 6.01. The van der Waals surface area contributed by atoms with Crippen molar-refractivity contribution < 1.29 is 0 Å². The number of nitrogens with zero attached hydrogens (tertiary/aromatic N) is 4. The van der Waals surface area contributed by atoms with Crippen LogP contribution in [0.4, 0.5) is 5.82 Å². The van der Waals surface area contributed by atoms with E-state index < -0.39 is 0 Å². The van der Waals surface area contributed by atoms with E-state index in [2.05, 4.69) is 39.4 Å². The van der Waals surface area contributed by atoms with Gasteiger partial charge in [-0.05, 0) is 26.0 Å². The first-order valence-electron chi connectivity index (χ1n) is 6.01. The number of fused-ring (bicyclic) bond motifs is 1. The van der Waals surface area contributed by atoms with Gasteiger partial charge in [-0.3, -0.25) is 0 Å². The third-order valence-electron chi connectivity index (χ3n) is 3.34. The van der Waals surface area contributed by atoms with Gasteiger partial charge in [0.2, 0.25) is 0 Å². The van der Waals surface area contributed by atoms with Crippen LogP contribution in [0.15, 0.2) is 16.9 Å². The average molecular weight is 248 g/mol. The number of hydrogen-bond donors (Lipinski definition) is 2. The van der Waals surface area contributed by atoms with E-state index in [4.69, 9.17) is 0 Å². The van der Waals surface area contributed by atoms with Crippen LogP contribution in [-0.2, 0) is 0 Å². The van der Waals surface area contributed by atoms with Crippen molar-refractivity contribution in [3.05, 3.63) is 22.6 Å². The van der Waals surface area contributed by atoms with Gasteiger partial charge in [0.1, 0.15) is 5.82 Å². The molecule has 0 unspecified atom stereocenters. The van der Waals surface area contributed by atoms with Gasteiger partial charge < -0.3 is 10.2 Å². The van der Waals surface area contributed by atoms with Crippen molar-refractivity contribution in [3.63, 3.8) is 0 Å². The molecule has 2 aromatic heterocycles. The Morgan fingerprint density at radius 1 is 1.39 bits per heavy atom. The number of aromatic amines is 1. The highest BCUT2D eigenvalue weighted by Gasteiger charge is 2.30. The summed E-state index contributed by atoms with van der Waals surface area (Å²) in [6.45, 7) is 7.00. The van der Waals surface area contributed by atoms with Crippen LogP contribution in [-0.4, -0.2) is 45.0 Å². The molecule has 0 spiro atoms. The lowest BCUT2D eigenvalue weighted by atomic mass is 10.0. The van der Waals surface area contributed by atoms with Crippen LogP contribution >= 0.6 is 0 Å². The Morgan fingerprint density at radius 2 is 2.22 bits per heavy atom. The molecule has 1 fully saturated rings. The summed E-state index contributed by atoms with van der Waals surface area (Å²) in [5.74, 6) is 0.803. The number of rotatable bonds is 1. The summed E-state index contributed by atoms with van der Waals surface area (Å²) >= 11 is 0. The van der Waals surface area contributed by atoms with Crippen LogP contribution in [0.5, 0.6) is 0 Å². The lowest BCUT2D eigenvalue weighted by Gasteiger charge is -2.43. The molecule has 0 atom stereocenters. The molecule has 2 aromatic rings. The summed E-state index contributed by atoms with van der Waals surface area (Å²) in [5, 5.41) is 14.0. The van der Waals surface area contributed by atoms with Gasteiger partial charge in [0.15, 0.2) is 5.65 Å². The zero-order valence-electron chi connectivity index (χ0n) is 10.5. The van der Waals surface area contributed by atoms with Crippen molar-refractivity contribution in [2.45, 2.75) is 19.4 Å². The van der Waals surface area contributed by atoms with Crippen molar-refractivity contribution in [2.75, 3.05) is 24.5 Å². The highest BCUT2D eigenvalue weighted by Crippen LogP contribution is 2.22. The highest BCUT2D eigenvalue weighted by atomic mass is 16.2. The Labute approximate surface area is 104 Å². The second-order valence-corrected chi connectivity index (χ2v) is 5.13. The van der Waals surface area contributed by atoms with Gasteiger partial charge in [0.05, 0.1) is 0 Å². The monoisotopic (exact) mass is 248 g/mol. The molecule has 1 aliphatic rings. The zero-order chi connectivity index (χ0) is 12.8. The molecule has 3 heterocycles. The maximum atomic E-state index is 11.5. The van der Waals surface area contributed by atoms with E-state index in [-0.39, 0.29) is 11.2 Å². The van der Waals surface area contributed by atoms with E-state index in [1.165, 1.54) is 4.52 Å². The normalized spacial score (nSPS) is 19.3. The molecule has 7 nitrogen and oxygen atoms in total. The van der Waals surface area contributed by atoms with Crippen molar-refractivity contribution in [2.24, 2.45) is 0 Å². The number of nitrogens with one attached hydrogen (secondary N) is 2. The van der Waals surface area contributed by atoms with E-state index in [1.807, 2.05) is 6.07 Å². The largest absolute Gasteiger partial charge is 0.364 e. The standard InChI is InChI=1S/C11H16N6O/c1-11(2)7-12-5-6-16(11)9-4-3-8-13-14-10(18)17(8)15-9/h3-4,12H,5-7H2,1-2H3,(H,14,18). The lowest BCUT2D eigenvalue weighted by molar-refractivity contribution is 0.376. The fraction of sp³-hybridized carbons (Fsp3) is 0.545. The Morgan fingerprint density at radius 3 is 3.00 bits per heavy atom. The summed E-state index contributed by atoms with van der Waals surface area (Å²) in [6.07, 6.45) is 0. The quantitative estimate of drug-likeness (QED) is 0.718. The van der Waals surface area contributed by atoms with Crippen LogP contribution in [0.2, 0.25) is 0 Å². The first kappa shape index (κ1) is 11.2. The maximum Gasteiger partial charge on any atom is 0.364 e. The van der Waals surface area contributed by atoms with Crippen molar-refractivity contribution in [3.8, 4) is 0 Å². The predicted octanol–water partition coefficient (Wildman–Crippen LogP) is -0.394. The van der Waals surface area contributed by atoms with Crippen LogP contribution < -0.4 is 15.9 Å². The molecule has 2 N–H and O–H groups in total. The molecule has 1 aliphatic heterocycles. The zero-order valence-corrected chi connectivity index (χ0v) is 10.5. The minimum absolute atomic E-state index is 0.0216. The molecule has 3 rings (SSSR count). The van der Waals surface area contributed by atoms with E-state index in [0.717, 1.165) is 25.5 Å². The molecule has 96 valence electrons. The summed E-state index contributed by atoms with van der Waals surface area (Å²) < 4.78 is 1.30. The Hall–Kier alpha value is -1.89. The van der Waals surface area contributed by atoms with Gasteiger partial charge in [-0.25, -0.2) is 9.89 Å². The van der Waals surface area contributed by atoms with Gasteiger partial charge in [0, 0.05) is 25.2 Å². The van der Waals surface area contributed by atoms with E-state index in [1.54, 1.807) is 6.07 Å². The Balaban J connectivity index is 2.07. The Kier molecular flexibility index (Phi) is 2.37. The number of aromatic nitrogens is 4. The fourth-order valence-corrected chi connectivity index (χ4v) is 2.35. The Bertz CT molecular complexity index is 628. The SMILES string of the molecule is CC1(C)CNCCN1c1ccc2n[nH]c(=O)n2n1. The number of piperazine rings is 1. The molecule has 0 amide bonds. The predicted molar refractivity (Wildman–Crippen MR) is 67.9 cm³/mol. The summed E-state index contributed by atoms with van der Waals surface area (Å²) in [5.41, 5.74) is 0.211. The fourth-order valence-electron chi connectivity index (χ4n) is 2.35. The first-order chi connectivity index (χ1) is 8.58. The van der Waals surface area contributed by atoms with E-state index in [0.29, 0.717) is 5.65 Å². The van der Waals surface area contributed by atoms with Gasteiger partial charge in [-0.2, -0.15) is 9.61 Å². The van der Waals surface area contributed by atoms with Crippen LogP contribution in [0.3, 0.4) is 0 Å². The average Bonchev–Trinajstić information content (AvgIpc) is 2.70. The van der Waals surface area contributed by atoms with Crippen LogP contribution in [0.25, 0.3) is 5.65 Å². The molecule has 0 saturated carbocycles. The van der Waals surface area contributed by atoms with Gasteiger partial charge in [-0.15, -0.1) is 5.10 Å². The molecular weight excluding hydrogens is 232 g/mol. The second kappa shape index (κ2) is 3.81. The molecule has 0 bridgehead atoms. The summed E-state index contributed by atoms with van der Waals surface area (Å²) in [7, 11) is 0. The van der Waals surface area contributed by atoms with Gasteiger partial charge >= 0.3 is 5.69 Å². The lowest BCUT2D eigenvalue weighted by Crippen LogP contribution is -2.58. The summed E-state index contributed by atoms with van der Waals surface area (Å²) in [4.78, 5) is 13.7. The summed E-state index contributed by atoms with van der Waals surface area (Å²) in [6, 6.07) is 3.71. The highest BCUT2D eigenvalue weighted by molar-refractivity contribution is 5.47. The van der Waals surface area contributed by atoms with Crippen LogP contribution in [0, 0.1) is 0 Å². The van der Waals surface area contributed by atoms with Crippen molar-refractivity contribution in [1.29, 1.82) is 0 Å². The van der Waals surface area contributed by atoms with Crippen LogP contribution in [0.1, 0.15) is 13.8 Å². The minimum Gasteiger partial charge on any atom is -0.348 e. The molecule has 7 heteroatoms. The number of H-pyrrole nitrogens is 1. The van der Waals surface area contributed by atoms with E-state index >= 15 is 0 Å². The van der Waals surface area contributed by atoms with Gasteiger partial charge in [0.25, 0.3) is 0 Å². The van der Waals surface area contributed by atoms with E-state index in [9.17, 15) is 4.79 Å². The number of hydrogen-bond acceptors (Lipinski definition) is 5. The van der Waals surface area contributed by atoms with Crippen molar-refractivity contribution in [1.82, 2.24) is 25.1 Å². The molecule has 0 aliphatic carbocycles. The molecule has 0 radical (unpaired) electrons. The molecule has 0 aromatic carbocycles. The smallest absolute Gasteiger partial charge is 0.348 e. The van der Waals surface area contributed by atoms with Gasteiger partial charge in [-0.1, -0.05) is 0 Å². The topological polar surface area (TPSA) is 78.3 Å². The molecule has 18 heavy (non-hydrogen) atoms. The minimum atomic E-state index is -0.306. The van der Waals surface area contributed by atoms with Crippen molar-refractivity contribution >= 4 is 11.5 Å².